The molecule has 0 spiro atoms. The van der Waals surface area contributed by atoms with E-state index in [2.05, 4.69) is 4.98 Å². The molecule has 9 heteroatoms. The highest BCUT2D eigenvalue weighted by Gasteiger charge is 2.47. The second kappa shape index (κ2) is 9.87. The Morgan fingerprint density at radius 3 is 2.42 bits per heavy atom. The Morgan fingerprint density at radius 2 is 1.74 bits per heavy atom. The van der Waals surface area contributed by atoms with Gasteiger partial charge in [0.15, 0.2) is 0 Å². The van der Waals surface area contributed by atoms with Crippen molar-refractivity contribution in [2.24, 2.45) is 0 Å². The minimum Gasteiger partial charge on any atom is -0.507 e. The van der Waals surface area contributed by atoms with E-state index in [1.165, 1.54) is 43.4 Å². The van der Waals surface area contributed by atoms with Crippen LogP contribution in [0.1, 0.15) is 28.4 Å². The molecule has 1 saturated heterocycles. The normalized spacial score (nSPS) is 16.9. The van der Waals surface area contributed by atoms with Crippen LogP contribution in [-0.2, 0) is 16.1 Å². The van der Waals surface area contributed by atoms with Crippen LogP contribution in [0.5, 0.6) is 11.5 Å². The van der Waals surface area contributed by atoms with E-state index in [1.54, 1.807) is 12.1 Å². The standard InChI is InChI=1S/C29H24ClFN2O5/c1-15-24(18-6-4-5-7-21(18)32-15)26-25(27(34)19-12-23(38-3)20(30)13-22(19)37-2)28(35)29(36)33(26)14-16-8-10-17(31)11-9-16/h4-13,26,32,34H,14H2,1-3H3/b27-25+. The van der Waals surface area contributed by atoms with Gasteiger partial charge >= 0.3 is 0 Å². The number of nitrogens with one attached hydrogen (secondary N) is 1. The van der Waals surface area contributed by atoms with E-state index < -0.39 is 29.3 Å². The van der Waals surface area contributed by atoms with Crippen LogP contribution < -0.4 is 9.47 Å². The first-order valence-electron chi connectivity index (χ1n) is 11.8. The van der Waals surface area contributed by atoms with Gasteiger partial charge < -0.3 is 24.5 Å². The van der Waals surface area contributed by atoms with E-state index in [0.29, 0.717) is 11.1 Å². The zero-order valence-electron chi connectivity index (χ0n) is 20.8. The Morgan fingerprint density at radius 1 is 1.05 bits per heavy atom. The van der Waals surface area contributed by atoms with Crippen molar-refractivity contribution in [3.63, 3.8) is 0 Å². The first-order valence-corrected chi connectivity index (χ1v) is 12.1. The number of ether oxygens (including phenoxy) is 2. The summed E-state index contributed by atoms with van der Waals surface area (Å²) in [5, 5.41) is 12.7. The van der Waals surface area contributed by atoms with E-state index in [0.717, 1.165) is 16.6 Å². The van der Waals surface area contributed by atoms with E-state index in [-0.39, 0.29) is 34.2 Å². The Kier molecular flexibility index (Phi) is 6.59. The van der Waals surface area contributed by atoms with Gasteiger partial charge in [-0.15, -0.1) is 0 Å². The van der Waals surface area contributed by atoms with Crippen molar-refractivity contribution in [2.45, 2.75) is 19.5 Å². The minimum absolute atomic E-state index is 0.0202. The fourth-order valence-electron chi connectivity index (χ4n) is 4.97. The summed E-state index contributed by atoms with van der Waals surface area (Å²) in [6.07, 6.45) is 0. The van der Waals surface area contributed by atoms with Gasteiger partial charge in [-0.3, -0.25) is 9.59 Å². The lowest BCUT2D eigenvalue weighted by molar-refractivity contribution is -0.140. The molecule has 0 saturated carbocycles. The van der Waals surface area contributed by atoms with Crippen LogP contribution in [0.25, 0.3) is 16.7 Å². The number of nitrogens with zero attached hydrogens (tertiary/aromatic N) is 1. The summed E-state index contributed by atoms with van der Waals surface area (Å²) in [6.45, 7) is 1.87. The van der Waals surface area contributed by atoms with Crippen molar-refractivity contribution < 1.29 is 28.6 Å². The first kappa shape index (κ1) is 25.4. The number of aromatic amines is 1. The molecule has 0 aliphatic carbocycles. The van der Waals surface area contributed by atoms with Crippen molar-refractivity contribution in [3.05, 3.63) is 99.5 Å². The number of Topliss-reactive ketones (excluding diaryl/α,β-unsaturated/α-hetero) is 1. The van der Waals surface area contributed by atoms with Crippen LogP contribution in [0, 0.1) is 12.7 Å². The predicted octanol–water partition coefficient (Wildman–Crippen LogP) is 5.91. The lowest BCUT2D eigenvalue weighted by atomic mass is 9.93. The smallest absolute Gasteiger partial charge is 0.295 e. The molecule has 5 rings (SSSR count). The van der Waals surface area contributed by atoms with Gasteiger partial charge in [0.1, 0.15) is 23.1 Å². The fourth-order valence-corrected chi connectivity index (χ4v) is 5.20. The van der Waals surface area contributed by atoms with Crippen molar-refractivity contribution in [1.82, 2.24) is 9.88 Å². The highest BCUT2D eigenvalue weighted by Crippen LogP contribution is 2.46. The minimum atomic E-state index is -0.942. The Bertz CT molecular complexity index is 1610. The molecule has 1 aliphatic rings. The number of halogens is 2. The van der Waals surface area contributed by atoms with E-state index in [9.17, 15) is 19.1 Å². The number of hydrogen-bond donors (Lipinski definition) is 2. The van der Waals surface area contributed by atoms with Crippen LogP contribution >= 0.6 is 11.6 Å². The highest BCUT2D eigenvalue weighted by molar-refractivity contribution is 6.46. The molecule has 1 amide bonds. The number of methoxy groups -OCH3 is 2. The van der Waals surface area contributed by atoms with Crippen molar-refractivity contribution in [3.8, 4) is 11.5 Å². The number of H-pyrrole nitrogens is 1. The number of amides is 1. The molecule has 4 aromatic rings. The second-order valence-electron chi connectivity index (χ2n) is 8.95. The molecular formula is C29H24ClFN2O5. The molecule has 2 heterocycles. The molecule has 1 fully saturated rings. The third-order valence-corrected chi connectivity index (χ3v) is 7.05. The van der Waals surface area contributed by atoms with Gasteiger partial charge in [0.2, 0.25) is 0 Å². The van der Waals surface area contributed by atoms with Crippen molar-refractivity contribution >= 4 is 40.0 Å². The van der Waals surface area contributed by atoms with Crippen LogP contribution in [-0.4, -0.2) is 40.9 Å². The topological polar surface area (TPSA) is 91.9 Å². The van der Waals surface area contributed by atoms with Gasteiger partial charge in [0.05, 0.1) is 36.4 Å². The number of carbonyl (C=O) groups excluding carboxylic acids is 2. The van der Waals surface area contributed by atoms with E-state index >= 15 is 0 Å². The molecule has 0 bridgehead atoms. The number of likely N-dealkylation sites (tertiary alicyclic amines) is 1. The fraction of sp³-hybridized carbons (Fsp3) is 0.172. The molecule has 7 nitrogen and oxygen atoms in total. The molecular weight excluding hydrogens is 511 g/mol. The van der Waals surface area contributed by atoms with Gasteiger partial charge in [-0.25, -0.2) is 4.39 Å². The van der Waals surface area contributed by atoms with Crippen LogP contribution in [0.3, 0.4) is 0 Å². The quantitative estimate of drug-likeness (QED) is 0.182. The zero-order chi connectivity index (χ0) is 27.1. The average molecular weight is 535 g/mol. The van der Waals surface area contributed by atoms with Crippen molar-refractivity contribution in [2.75, 3.05) is 14.2 Å². The number of hydrogen-bond acceptors (Lipinski definition) is 5. The predicted molar refractivity (Wildman–Crippen MR) is 142 cm³/mol. The highest BCUT2D eigenvalue weighted by atomic mass is 35.5. The zero-order valence-corrected chi connectivity index (χ0v) is 21.6. The summed E-state index contributed by atoms with van der Waals surface area (Å²) < 4.78 is 24.3. The molecule has 1 unspecified atom stereocenters. The largest absolute Gasteiger partial charge is 0.507 e. The molecule has 1 aromatic heterocycles. The molecule has 194 valence electrons. The third-order valence-electron chi connectivity index (χ3n) is 6.75. The summed E-state index contributed by atoms with van der Waals surface area (Å²) in [5.41, 5.74) is 2.89. The summed E-state index contributed by atoms with van der Waals surface area (Å²) in [6, 6.07) is 15.2. The monoisotopic (exact) mass is 534 g/mol. The molecule has 0 radical (unpaired) electrons. The number of benzene rings is 3. The summed E-state index contributed by atoms with van der Waals surface area (Å²) in [5.74, 6) is -2.02. The summed E-state index contributed by atoms with van der Waals surface area (Å²) >= 11 is 6.25. The van der Waals surface area contributed by atoms with Crippen LogP contribution in [0.15, 0.2) is 66.2 Å². The van der Waals surface area contributed by atoms with E-state index in [1.807, 2.05) is 31.2 Å². The van der Waals surface area contributed by atoms with Gasteiger partial charge in [-0.05, 0) is 36.8 Å². The van der Waals surface area contributed by atoms with Gasteiger partial charge in [0, 0.05) is 34.8 Å². The number of carbonyl (C=O) groups is 2. The molecule has 1 atom stereocenters. The lowest BCUT2D eigenvalue weighted by Crippen LogP contribution is -2.29. The van der Waals surface area contributed by atoms with E-state index in [4.69, 9.17) is 21.1 Å². The lowest BCUT2D eigenvalue weighted by Gasteiger charge is -2.26. The molecule has 2 N–H and O–H groups in total. The summed E-state index contributed by atoms with van der Waals surface area (Å²) in [7, 11) is 2.83. The number of fused-ring (bicyclic) bond motifs is 1. The number of aliphatic hydroxyl groups is 1. The molecule has 3 aromatic carbocycles. The number of para-hydroxylation sites is 1. The molecule has 1 aliphatic heterocycles. The third kappa shape index (κ3) is 4.16. The summed E-state index contributed by atoms with van der Waals surface area (Å²) in [4.78, 5) is 31.7. The van der Waals surface area contributed by atoms with Crippen molar-refractivity contribution in [1.29, 1.82) is 0 Å². The maximum atomic E-state index is 13.6. The number of aliphatic hydroxyl groups excluding tert-OH is 1. The number of rotatable bonds is 6. The van der Waals surface area contributed by atoms with Crippen LogP contribution in [0.4, 0.5) is 4.39 Å². The molecule has 38 heavy (non-hydrogen) atoms. The van der Waals surface area contributed by atoms with Gasteiger partial charge in [0.25, 0.3) is 11.7 Å². The maximum Gasteiger partial charge on any atom is 0.295 e. The SMILES string of the molecule is COc1cc(/C(O)=C2\C(=O)C(=O)N(Cc3ccc(F)cc3)C2c2c(C)[nH]c3ccccc23)c(OC)cc1Cl. The second-order valence-corrected chi connectivity index (χ2v) is 9.36. The first-order chi connectivity index (χ1) is 18.2. The number of aryl methyl sites for hydroxylation is 1. The van der Waals surface area contributed by atoms with Crippen LogP contribution in [0.2, 0.25) is 5.02 Å². The van der Waals surface area contributed by atoms with Gasteiger partial charge in [-0.1, -0.05) is 41.9 Å². The Hall–Kier alpha value is -4.30. The number of ketones is 1. The number of aromatic nitrogens is 1. The maximum absolute atomic E-state index is 13.6. The Labute approximate surface area is 223 Å². The Balaban J connectivity index is 1.77. The average Bonchev–Trinajstić information content (AvgIpc) is 3.36. The van der Waals surface area contributed by atoms with Gasteiger partial charge in [-0.2, -0.15) is 0 Å².